The summed E-state index contributed by atoms with van der Waals surface area (Å²) in [5, 5.41) is 4.90. The summed E-state index contributed by atoms with van der Waals surface area (Å²) in [5.74, 6) is 2.69. The molecular formula is C55H38N2. The van der Waals surface area contributed by atoms with Crippen LogP contribution in [-0.2, 0) is 0 Å². The van der Waals surface area contributed by atoms with Crippen LogP contribution in [0.1, 0.15) is 12.5 Å². The SMILES string of the molecule is C#C/C=C\C(=C/C)c1cc(-c2ccccc2)ccc1-n1c2ccccc2c2cc(-c3ccc4c(c3)c3ccccc3n4-c3cccc(-c4ccccc4)c3)ccc21. The maximum absolute atomic E-state index is 5.71. The largest absolute Gasteiger partial charge is 0.309 e. The fourth-order valence-corrected chi connectivity index (χ4v) is 8.55. The van der Waals surface area contributed by atoms with E-state index in [1.807, 2.05) is 6.08 Å². The van der Waals surface area contributed by atoms with E-state index in [9.17, 15) is 0 Å². The normalized spacial score (nSPS) is 12.0. The van der Waals surface area contributed by atoms with E-state index in [2.05, 4.69) is 216 Å². The van der Waals surface area contributed by atoms with Gasteiger partial charge in [-0.15, -0.1) is 6.42 Å². The number of allylic oxidation sites excluding steroid dienone is 4. The van der Waals surface area contributed by atoms with E-state index < -0.39 is 0 Å². The molecule has 2 nitrogen and oxygen atoms in total. The summed E-state index contributed by atoms with van der Waals surface area (Å²) >= 11 is 0. The summed E-state index contributed by atoms with van der Waals surface area (Å²) in [5.41, 5.74) is 16.3. The lowest BCUT2D eigenvalue weighted by molar-refractivity contribution is 1.17. The Kier molecular flexibility index (Phi) is 8.47. The Balaban J connectivity index is 1.13. The second-order valence-electron chi connectivity index (χ2n) is 14.4. The van der Waals surface area contributed by atoms with Crippen molar-refractivity contribution >= 4 is 49.2 Å². The predicted octanol–water partition coefficient (Wildman–Crippen LogP) is 14.5. The number of hydrogen-bond donors (Lipinski definition) is 0. The van der Waals surface area contributed by atoms with Gasteiger partial charge in [-0.3, -0.25) is 0 Å². The Labute approximate surface area is 332 Å². The Morgan fingerprint density at radius 1 is 0.439 bits per heavy atom. The Bertz CT molecular complexity index is 3240. The predicted molar refractivity (Wildman–Crippen MR) is 243 cm³/mol. The molecule has 8 aromatic carbocycles. The fraction of sp³-hybridized carbons (Fsp3) is 0.0182. The van der Waals surface area contributed by atoms with E-state index in [0.717, 1.165) is 39.1 Å². The highest BCUT2D eigenvalue weighted by atomic mass is 15.0. The smallest absolute Gasteiger partial charge is 0.0541 e. The minimum atomic E-state index is 1.07. The molecule has 0 aliphatic heterocycles. The van der Waals surface area contributed by atoms with Crippen LogP contribution >= 0.6 is 0 Å². The molecule has 0 aliphatic carbocycles. The van der Waals surface area contributed by atoms with Crippen molar-refractivity contribution in [3.8, 4) is 57.1 Å². The van der Waals surface area contributed by atoms with Gasteiger partial charge in [0.1, 0.15) is 0 Å². The first-order valence-corrected chi connectivity index (χ1v) is 19.4. The van der Waals surface area contributed by atoms with Crippen molar-refractivity contribution in [2.45, 2.75) is 6.92 Å². The van der Waals surface area contributed by atoms with Crippen LogP contribution in [0.5, 0.6) is 0 Å². The van der Waals surface area contributed by atoms with Crippen molar-refractivity contribution in [1.82, 2.24) is 9.13 Å². The molecular weight excluding hydrogens is 689 g/mol. The van der Waals surface area contributed by atoms with E-state index >= 15 is 0 Å². The van der Waals surface area contributed by atoms with Crippen LogP contribution in [0.15, 0.2) is 206 Å². The molecule has 268 valence electrons. The highest BCUT2D eigenvalue weighted by molar-refractivity contribution is 6.13. The van der Waals surface area contributed by atoms with Gasteiger partial charge in [0.05, 0.1) is 27.8 Å². The third-order valence-corrected chi connectivity index (χ3v) is 11.2. The van der Waals surface area contributed by atoms with Crippen LogP contribution in [0.25, 0.3) is 93.9 Å². The molecule has 0 amide bonds. The minimum Gasteiger partial charge on any atom is -0.309 e. The summed E-state index contributed by atoms with van der Waals surface area (Å²) < 4.78 is 4.81. The van der Waals surface area contributed by atoms with Gasteiger partial charge in [0.25, 0.3) is 0 Å². The molecule has 0 fully saturated rings. The second kappa shape index (κ2) is 14.2. The van der Waals surface area contributed by atoms with Crippen molar-refractivity contribution < 1.29 is 0 Å². The van der Waals surface area contributed by atoms with E-state index in [0.29, 0.717) is 0 Å². The zero-order valence-electron chi connectivity index (χ0n) is 31.6. The first-order chi connectivity index (χ1) is 28.2. The van der Waals surface area contributed by atoms with Crippen molar-refractivity contribution in [1.29, 1.82) is 0 Å². The lowest BCUT2D eigenvalue weighted by atomic mass is 9.96. The molecule has 0 aliphatic rings. The fourth-order valence-electron chi connectivity index (χ4n) is 8.55. The van der Waals surface area contributed by atoms with Gasteiger partial charge < -0.3 is 9.13 Å². The molecule has 0 saturated heterocycles. The van der Waals surface area contributed by atoms with Gasteiger partial charge in [-0.25, -0.2) is 0 Å². The van der Waals surface area contributed by atoms with E-state index in [4.69, 9.17) is 6.42 Å². The average Bonchev–Trinajstić information content (AvgIpc) is 3.79. The van der Waals surface area contributed by atoms with Crippen LogP contribution in [0.3, 0.4) is 0 Å². The standard InChI is InChI=1S/C55H38N2/c1-3-5-17-38(4-2)48-35-42(40-20-10-7-11-21-40)28-31-53(48)57-52-27-15-13-25-47(52)50-37-44(30-33-55(50)57)43-29-32-54-49(36-43)46-24-12-14-26-51(46)56(54)45-23-16-22-41(34-45)39-18-8-6-9-19-39/h1,4-37H,2H3/b17-5-,38-4+. The second-order valence-corrected chi connectivity index (χ2v) is 14.4. The number of nitrogens with zero attached hydrogens (tertiary/aromatic N) is 2. The van der Waals surface area contributed by atoms with E-state index in [1.54, 1.807) is 6.08 Å². The topological polar surface area (TPSA) is 9.86 Å². The highest BCUT2D eigenvalue weighted by Crippen LogP contribution is 2.40. The van der Waals surface area contributed by atoms with Gasteiger partial charge in [-0.05, 0) is 119 Å². The van der Waals surface area contributed by atoms with Gasteiger partial charge in [0, 0.05) is 32.8 Å². The quantitative estimate of drug-likeness (QED) is 0.114. The maximum Gasteiger partial charge on any atom is 0.0541 e. The maximum atomic E-state index is 5.71. The first kappa shape index (κ1) is 33.9. The van der Waals surface area contributed by atoms with Crippen LogP contribution in [0, 0.1) is 12.3 Å². The van der Waals surface area contributed by atoms with E-state index in [-0.39, 0.29) is 0 Å². The molecule has 2 heterocycles. The van der Waals surface area contributed by atoms with Gasteiger partial charge in [0.2, 0.25) is 0 Å². The molecule has 0 atom stereocenters. The third kappa shape index (κ3) is 5.86. The number of aromatic nitrogens is 2. The molecule has 2 heteroatoms. The van der Waals surface area contributed by atoms with Crippen molar-refractivity contribution in [3.05, 3.63) is 212 Å². The lowest BCUT2D eigenvalue weighted by Gasteiger charge is -2.17. The lowest BCUT2D eigenvalue weighted by Crippen LogP contribution is -2.00. The third-order valence-electron chi connectivity index (χ3n) is 11.2. The Hall–Kier alpha value is -7.60. The zero-order valence-corrected chi connectivity index (χ0v) is 31.6. The Morgan fingerprint density at radius 3 is 1.54 bits per heavy atom. The minimum absolute atomic E-state index is 1.07. The van der Waals surface area contributed by atoms with Crippen molar-refractivity contribution in [2.75, 3.05) is 0 Å². The summed E-state index contributed by atoms with van der Waals surface area (Å²) in [6, 6.07) is 68.1. The summed E-state index contributed by atoms with van der Waals surface area (Å²) in [6.07, 6.45) is 11.7. The molecule has 57 heavy (non-hydrogen) atoms. The molecule has 0 N–H and O–H groups in total. The zero-order chi connectivity index (χ0) is 38.3. The van der Waals surface area contributed by atoms with Crippen molar-refractivity contribution in [3.63, 3.8) is 0 Å². The molecule has 2 aromatic heterocycles. The number of benzene rings is 8. The summed E-state index contributed by atoms with van der Waals surface area (Å²) in [6.45, 7) is 2.07. The summed E-state index contributed by atoms with van der Waals surface area (Å²) in [4.78, 5) is 0. The number of hydrogen-bond acceptors (Lipinski definition) is 0. The molecule has 0 saturated carbocycles. The van der Waals surface area contributed by atoms with E-state index in [1.165, 1.54) is 60.4 Å². The average molecular weight is 727 g/mol. The number of fused-ring (bicyclic) bond motifs is 6. The molecule has 0 bridgehead atoms. The molecule has 0 unspecified atom stereocenters. The van der Waals surface area contributed by atoms with Crippen molar-refractivity contribution in [2.24, 2.45) is 0 Å². The van der Waals surface area contributed by atoms with Crippen LogP contribution in [-0.4, -0.2) is 9.13 Å². The van der Waals surface area contributed by atoms with Gasteiger partial charge in [-0.1, -0.05) is 139 Å². The number of para-hydroxylation sites is 2. The molecule has 0 spiro atoms. The number of rotatable bonds is 7. The highest BCUT2D eigenvalue weighted by Gasteiger charge is 2.19. The summed E-state index contributed by atoms with van der Waals surface area (Å²) in [7, 11) is 0. The molecule has 0 radical (unpaired) electrons. The molecule has 10 aromatic rings. The van der Waals surface area contributed by atoms with Gasteiger partial charge in [0.15, 0.2) is 0 Å². The first-order valence-electron chi connectivity index (χ1n) is 19.4. The van der Waals surface area contributed by atoms with Crippen LogP contribution in [0.4, 0.5) is 0 Å². The number of terminal acetylenes is 1. The van der Waals surface area contributed by atoms with Crippen LogP contribution < -0.4 is 0 Å². The van der Waals surface area contributed by atoms with Gasteiger partial charge in [-0.2, -0.15) is 0 Å². The van der Waals surface area contributed by atoms with Gasteiger partial charge >= 0.3 is 0 Å². The molecule has 10 rings (SSSR count). The monoisotopic (exact) mass is 726 g/mol. The van der Waals surface area contributed by atoms with Crippen LogP contribution in [0.2, 0.25) is 0 Å². The Morgan fingerprint density at radius 2 is 0.930 bits per heavy atom.